The van der Waals surface area contributed by atoms with Crippen molar-refractivity contribution < 1.29 is 18.9 Å². The van der Waals surface area contributed by atoms with Gasteiger partial charge in [0.25, 0.3) is 0 Å². The molecule has 27 heavy (non-hydrogen) atoms. The number of hydrogen-bond acceptors (Lipinski definition) is 4. The van der Waals surface area contributed by atoms with Gasteiger partial charge in [-0.15, -0.1) is 0 Å². The highest BCUT2D eigenvalue weighted by atomic mass is 16.5. The van der Waals surface area contributed by atoms with Gasteiger partial charge in [-0.05, 0) is 55.2 Å². The SMILES string of the molecule is COc1ccc(OC)c(C(c2cc(OC)ccc2OC)C2CCCCC2)c1. The van der Waals surface area contributed by atoms with Crippen molar-refractivity contribution in [1.29, 1.82) is 0 Å². The second-order valence-corrected chi connectivity index (χ2v) is 7.09. The molecule has 1 saturated carbocycles. The number of methoxy groups -OCH3 is 4. The highest BCUT2D eigenvalue weighted by Crippen LogP contribution is 2.47. The molecule has 1 aliphatic carbocycles. The molecule has 0 bridgehead atoms. The first-order valence-electron chi connectivity index (χ1n) is 9.65. The van der Waals surface area contributed by atoms with Crippen molar-refractivity contribution in [1.82, 2.24) is 0 Å². The first-order valence-corrected chi connectivity index (χ1v) is 9.65. The van der Waals surface area contributed by atoms with Crippen molar-refractivity contribution in [3.63, 3.8) is 0 Å². The molecule has 146 valence electrons. The quantitative estimate of drug-likeness (QED) is 0.651. The van der Waals surface area contributed by atoms with Gasteiger partial charge >= 0.3 is 0 Å². The third-order valence-corrected chi connectivity index (χ3v) is 5.67. The van der Waals surface area contributed by atoms with E-state index in [-0.39, 0.29) is 5.92 Å². The molecule has 2 aromatic rings. The third kappa shape index (κ3) is 4.15. The van der Waals surface area contributed by atoms with Crippen molar-refractivity contribution >= 4 is 0 Å². The van der Waals surface area contributed by atoms with Crippen molar-refractivity contribution in [2.45, 2.75) is 38.0 Å². The largest absolute Gasteiger partial charge is 0.497 e. The summed E-state index contributed by atoms with van der Waals surface area (Å²) in [5.74, 6) is 4.15. The summed E-state index contributed by atoms with van der Waals surface area (Å²) in [6.07, 6.45) is 6.24. The van der Waals surface area contributed by atoms with Gasteiger partial charge in [0.15, 0.2) is 0 Å². The summed E-state index contributed by atoms with van der Waals surface area (Å²) in [5, 5.41) is 0. The molecule has 0 saturated heterocycles. The predicted octanol–water partition coefficient (Wildman–Crippen LogP) is 5.43. The van der Waals surface area contributed by atoms with Crippen LogP contribution < -0.4 is 18.9 Å². The van der Waals surface area contributed by atoms with E-state index in [1.807, 2.05) is 24.3 Å². The topological polar surface area (TPSA) is 36.9 Å². The molecule has 0 aliphatic heterocycles. The molecular formula is C23H30O4. The predicted molar refractivity (Wildman–Crippen MR) is 108 cm³/mol. The summed E-state index contributed by atoms with van der Waals surface area (Å²) in [6, 6.07) is 12.1. The van der Waals surface area contributed by atoms with Crippen molar-refractivity contribution in [3.8, 4) is 23.0 Å². The Balaban J connectivity index is 2.18. The van der Waals surface area contributed by atoms with Crippen LogP contribution in [0.25, 0.3) is 0 Å². The van der Waals surface area contributed by atoms with Crippen molar-refractivity contribution in [3.05, 3.63) is 47.5 Å². The van der Waals surface area contributed by atoms with E-state index in [0.717, 1.165) is 34.1 Å². The molecule has 0 amide bonds. The lowest BCUT2D eigenvalue weighted by Crippen LogP contribution is -2.19. The average molecular weight is 370 g/mol. The van der Waals surface area contributed by atoms with E-state index in [4.69, 9.17) is 18.9 Å². The van der Waals surface area contributed by atoms with E-state index in [0.29, 0.717) is 5.92 Å². The Morgan fingerprint density at radius 2 is 1.15 bits per heavy atom. The van der Waals surface area contributed by atoms with Gasteiger partial charge in [0, 0.05) is 17.0 Å². The monoisotopic (exact) mass is 370 g/mol. The highest BCUT2D eigenvalue weighted by molar-refractivity contribution is 5.52. The zero-order chi connectivity index (χ0) is 19.2. The van der Waals surface area contributed by atoms with Gasteiger partial charge in [-0.1, -0.05) is 19.3 Å². The van der Waals surface area contributed by atoms with Gasteiger partial charge in [0.1, 0.15) is 23.0 Å². The fourth-order valence-corrected chi connectivity index (χ4v) is 4.31. The first-order chi connectivity index (χ1) is 13.2. The summed E-state index contributed by atoms with van der Waals surface area (Å²) in [4.78, 5) is 0. The molecule has 0 heterocycles. The summed E-state index contributed by atoms with van der Waals surface area (Å²) in [7, 11) is 6.86. The van der Waals surface area contributed by atoms with E-state index in [2.05, 4.69) is 12.1 Å². The molecule has 0 atom stereocenters. The van der Waals surface area contributed by atoms with Gasteiger partial charge in [-0.2, -0.15) is 0 Å². The number of hydrogen-bond donors (Lipinski definition) is 0. The standard InChI is InChI=1S/C23H30O4/c1-24-17-10-12-21(26-3)19(14-17)23(16-8-6-5-7-9-16)20-15-18(25-2)11-13-22(20)27-4/h10-16,23H,5-9H2,1-4H3. The zero-order valence-electron chi connectivity index (χ0n) is 16.8. The molecule has 0 spiro atoms. The van der Waals surface area contributed by atoms with Gasteiger partial charge in [0.2, 0.25) is 0 Å². The Kier molecular flexibility index (Phi) is 6.49. The molecule has 1 fully saturated rings. The van der Waals surface area contributed by atoms with Gasteiger partial charge in [-0.25, -0.2) is 0 Å². The minimum atomic E-state index is 0.167. The Morgan fingerprint density at radius 1 is 0.667 bits per heavy atom. The Hall–Kier alpha value is -2.36. The minimum Gasteiger partial charge on any atom is -0.497 e. The molecule has 1 aliphatic rings. The molecule has 4 heteroatoms. The zero-order valence-corrected chi connectivity index (χ0v) is 16.8. The Labute approximate surface area is 162 Å². The lowest BCUT2D eigenvalue weighted by molar-refractivity contribution is 0.311. The van der Waals surface area contributed by atoms with Crippen LogP contribution in [-0.4, -0.2) is 28.4 Å². The lowest BCUT2D eigenvalue weighted by Gasteiger charge is -2.33. The molecule has 0 N–H and O–H groups in total. The van der Waals surface area contributed by atoms with Crippen LogP contribution in [0.3, 0.4) is 0 Å². The van der Waals surface area contributed by atoms with E-state index >= 15 is 0 Å². The van der Waals surface area contributed by atoms with Crippen LogP contribution in [0.1, 0.15) is 49.1 Å². The van der Waals surface area contributed by atoms with Gasteiger partial charge < -0.3 is 18.9 Å². The second kappa shape index (κ2) is 9.03. The van der Waals surface area contributed by atoms with E-state index in [1.165, 1.54) is 32.1 Å². The summed E-state index contributed by atoms with van der Waals surface area (Å²) in [6.45, 7) is 0. The maximum atomic E-state index is 5.74. The van der Waals surface area contributed by atoms with E-state index in [1.54, 1.807) is 28.4 Å². The molecule has 4 nitrogen and oxygen atoms in total. The number of benzene rings is 2. The maximum Gasteiger partial charge on any atom is 0.122 e. The Bertz CT molecular complexity index is 695. The first kappa shape index (κ1) is 19.4. The smallest absolute Gasteiger partial charge is 0.122 e. The molecule has 0 radical (unpaired) electrons. The van der Waals surface area contributed by atoms with Gasteiger partial charge in [0.05, 0.1) is 28.4 Å². The molecule has 3 rings (SSSR count). The summed E-state index contributed by atoms with van der Waals surface area (Å²) < 4.78 is 22.5. The summed E-state index contributed by atoms with van der Waals surface area (Å²) in [5.41, 5.74) is 2.30. The van der Waals surface area contributed by atoms with Gasteiger partial charge in [-0.3, -0.25) is 0 Å². The normalized spacial score (nSPS) is 14.9. The van der Waals surface area contributed by atoms with Crippen molar-refractivity contribution in [2.24, 2.45) is 5.92 Å². The van der Waals surface area contributed by atoms with Crippen LogP contribution in [0.2, 0.25) is 0 Å². The van der Waals surface area contributed by atoms with Crippen molar-refractivity contribution in [2.75, 3.05) is 28.4 Å². The van der Waals surface area contributed by atoms with Crippen LogP contribution in [0, 0.1) is 5.92 Å². The third-order valence-electron chi connectivity index (χ3n) is 5.67. The van der Waals surface area contributed by atoms with E-state index in [9.17, 15) is 0 Å². The molecule has 0 unspecified atom stereocenters. The van der Waals surface area contributed by atoms with Crippen LogP contribution in [0.5, 0.6) is 23.0 Å². The van der Waals surface area contributed by atoms with Crippen LogP contribution >= 0.6 is 0 Å². The van der Waals surface area contributed by atoms with Crippen LogP contribution in [0.4, 0.5) is 0 Å². The lowest BCUT2D eigenvalue weighted by atomic mass is 9.73. The maximum absolute atomic E-state index is 5.74. The average Bonchev–Trinajstić information content (AvgIpc) is 2.74. The summed E-state index contributed by atoms with van der Waals surface area (Å²) >= 11 is 0. The number of rotatable bonds is 7. The van der Waals surface area contributed by atoms with E-state index < -0.39 is 0 Å². The minimum absolute atomic E-state index is 0.167. The highest BCUT2D eigenvalue weighted by Gasteiger charge is 2.31. The fraction of sp³-hybridized carbons (Fsp3) is 0.478. The fourth-order valence-electron chi connectivity index (χ4n) is 4.31. The second-order valence-electron chi connectivity index (χ2n) is 7.09. The molecular weight excluding hydrogens is 340 g/mol. The Morgan fingerprint density at radius 3 is 1.56 bits per heavy atom. The molecule has 2 aromatic carbocycles. The van der Waals surface area contributed by atoms with Crippen LogP contribution in [0.15, 0.2) is 36.4 Å². The number of ether oxygens (including phenoxy) is 4. The molecule has 0 aromatic heterocycles. The van der Waals surface area contributed by atoms with Crippen LogP contribution in [-0.2, 0) is 0 Å².